The highest BCUT2D eigenvalue weighted by molar-refractivity contribution is 7.80. The predicted octanol–water partition coefficient (Wildman–Crippen LogP) is 6.36. The molecule has 0 saturated carbocycles. The van der Waals surface area contributed by atoms with E-state index in [0.29, 0.717) is 11.8 Å². The van der Waals surface area contributed by atoms with Crippen LogP contribution >= 0.6 is 23.6 Å². The fourth-order valence-corrected chi connectivity index (χ4v) is 4.13. The molecule has 6 heteroatoms. The van der Waals surface area contributed by atoms with E-state index in [1.807, 2.05) is 48.3 Å². The maximum atomic E-state index is 5.98. The molecule has 32 heavy (non-hydrogen) atoms. The highest BCUT2D eigenvalue weighted by Gasteiger charge is 2.14. The predicted molar refractivity (Wildman–Crippen MR) is 139 cm³/mol. The van der Waals surface area contributed by atoms with Crippen LogP contribution in [0.2, 0.25) is 0 Å². The number of nitrogens with zero attached hydrogens (tertiary/aromatic N) is 2. The molecule has 2 aromatic carbocycles. The van der Waals surface area contributed by atoms with Gasteiger partial charge in [-0.2, -0.15) is 0 Å². The molecule has 0 N–H and O–H groups in total. The molecule has 0 bridgehead atoms. The van der Waals surface area contributed by atoms with Crippen molar-refractivity contribution in [3.63, 3.8) is 0 Å². The molecule has 0 radical (unpaired) electrons. The van der Waals surface area contributed by atoms with Gasteiger partial charge in [-0.05, 0) is 66.0 Å². The maximum absolute atomic E-state index is 5.98. The minimum absolute atomic E-state index is 0.106. The summed E-state index contributed by atoms with van der Waals surface area (Å²) >= 11 is 7.30. The zero-order valence-corrected chi connectivity index (χ0v) is 21.1. The number of thiophene rings is 1. The molecule has 3 rings (SSSR count). The van der Waals surface area contributed by atoms with Crippen molar-refractivity contribution >= 4 is 34.4 Å². The minimum Gasteiger partial charge on any atom is -0.492 e. The van der Waals surface area contributed by atoms with Gasteiger partial charge in [-0.15, -0.1) is 11.3 Å². The molecule has 3 aromatic rings. The maximum Gasteiger partial charge on any atom is 0.269 e. The first-order chi connectivity index (χ1) is 15.2. The zero-order chi connectivity index (χ0) is 23.1. The molecule has 0 saturated heterocycles. The summed E-state index contributed by atoms with van der Waals surface area (Å²) in [4.78, 5) is 5.47. The molecular weight excluding hydrogens is 436 g/mol. The zero-order valence-electron chi connectivity index (χ0n) is 19.5. The van der Waals surface area contributed by atoms with Gasteiger partial charge in [0.2, 0.25) is 0 Å². The summed E-state index contributed by atoms with van der Waals surface area (Å²) in [6.45, 7) is 8.99. The van der Waals surface area contributed by atoms with Crippen LogP contribution in [0, 0.1) is 0 Å². The van der Waals surface area contributed by atoms with Crippen molar-refractivity contribution in [3.8, 4) is 11.5 Å². The lowest BCUT2D eigenvalue weighted by atomic mass is 9.87. The number of anilines is 1. The van der Waals surface area contributed by atoms with E-state index in [4.69, 9.17) is 21.7 Å². The monoisotopic (exact) mass is 468 g/mol. The van der Waals surface area contributed by atoms with Crippen LogP contribution in [0.15, 0.2) is 66.0 Å². The molecule has 0 atom stereocenters. The third-order valence-electron chi connectivity index (χ3n) is 5.15. The van der Waals surface area contributed by atoms with Gasteiger partial charge in [0.15, 0.2) is 0 Å². The fraction of sp³-hybridized carbons (Fsp3) is 0.346. The lowest BCUT2D eigenvalue weighted by Gasteiger charge is -2.22. The Labute approximate surface area is 201 Å². The standard InChI is InChI=1S/C26H32N2O2S2/c1-26(2,3)20-11-13-22(14-12-20)30-25(31)28(5)21-8-6-9-23(18-21)29-16-15-27(4)19-24-10-7-17-32-24/h6-14,17-18H,15-16,19H2,1-5H3. The topological polar surface area (TPSA) is 24.9 Å². The molecule has 0 amide bonds. The molecule has 0 aliphatic carbocycles. The van der Waals surface area contributed by atoms with Gasteiger partial charge in [0.1, 0.15) is 18.1 Å². The van der Waals surface area contributed by atoms with Gasteiger partial charge < -0.3 is 14.4 Å². The highest BCUT2D eigenvalue weighted by atomic mass is 32.1. The van der Waals surface area contributed by atoms with Crippen LogP contribution in [0.25, 0.3) is 0 Å². The third kappa shape index (κ3) is 7.05. The summed E-state index contributed by atoms with van der Waals surface area (Å²) in [5, 5.41) is 2.50. The summed E-state index contributed by atoms with van der Waals surface area (Å²) in [5.74, 6) is 1.55. The number of thiocarbonyl (C=S) groups is 1. The van der Waals surface area contributed by atoms with E-state index in [2.05, 4.69) is 62.4 Å². The van der Waals surface area contributed by atoms with Gasteiger partial charge in [-0.1, -0.05) is 45.0 Å². The van der Waals surface area contributed by atoms with Gasteiger partial charge in [0, 0.05) is 36.8 Å². The summed E-state index contributed by atoms with van der Waals surface area (Å²) in [6, 6.07) is 20.3. The van der Waals surface area contributed by atoms with Crippen LogP contribution in [0.5, 0.6) is 11.5 Å². The number of likely N-dealkylation sites (N-methyl/N-ethyl adjacent to an activating group) is 1. The van der Waals surface area contributed by atoms with E-state index in [1.165, 1.54) is 10.4 Å². The smallest absolute Gasteiger partial charge is 0.269 e. The summed E-state index contributed by atoms with van der Waals surface area (Å²) < 4.78 is 11.9. The second-order valence-electron chi connectivity index (χ2n) is 8.86. The second-order valence-corrected chi connectivity index (χ2v) is 10.2. The summed E-state index contributed by atoms with van der Waals surface area (Å²) in [7, 11) is 4.01. The average molecular weight is 469 g/mol. The molecule has 0 unspecified atom stereocenters. The van der Waals surface area contributed by atoms with Gasteiger partial charge in [-0.25, -0.2) is 0 Å². The first kappa shape index (κ1) is 24.2. The lowest BCUT2D eigenvalue weighted by molar-refractivity contribution is 0.234. The van der Waals surface area contributed by atoms with Gasteiger partial charge >= 0.3 is 0 Å². The van der Waals surface area contributed by atoms with Crippen LogP contribution in [0.1, 0.15) is 31.2 Å². The van der Waals surface area contributed by atoms with Crippen molar-refractivity contribution in [1.29, 1.82) is 0 Å². The quantitative estimate of drug-likeness (QED) is 0.358. The van der Waals surface area contributed by atoms with E-state index in [9.17, 15) is 0 Å². The van der Waals surface area contributed by atoms with Gasteiger partial charge in [0.05, 0.1) is 0 Å². The van der Waals surface area contributed by atoms with E-state index in [0.717, 1.165) is 30.3 Å². The van der Waals surface area contributed by atoms with E-state index < -0.39 is 0 Å². The van der Waals surface area contributed by atoms with Crippen molar-refractivity contribution in [2.75, 3.05) is 32.1 Å². The fourth-order valence-electron chi connectivity index (χ4n) is 3.15. The molecule has 170 valence electrons. The minimum atomic E-state index is 0.106. The normalized spacial score (nSPS) is 11.4. The highest BCUT2D eigenvalue weighted by Crippen LogP contribution is 2.25. The number of rotatable bonds is 8. The van der Waals surface area contributed by atoms with E-state index >= 15 is 0 Å². The largest absolute Gasteiger partial charge is 0.492 e. The summed E-state index contributed by atoms with van der Waals surface area (Å²) in [5.41, 5.74) is 2.29. The van der Waals surface area contributed by atoms with Crippen LogP contribution in [0.3, 0.4) is 0 Å². The second kappa shape index (κ2) is 10.9. The van der Waals surface area contributed by atoms with E-state index in [-0.39, 0.29) is 5.41 Å². The average Bonchev–Trinajstić information content (AvgIpc) is 3.26. The molecule has 1 heterocycles. The molecular formula is C26H32N2O2S2. The number of benzene rings is 2. The van der Waals surface area contributed by atoms with Crippen LogP contribution in [-0.2, 0) is 12.0 Å². The Morgan fingerprint density at radius 2 is 1.72 bits per heavy atom. The Balaban J connectivity index is 1.52. The molecule has 4 nitrogen and oxygen atoms in total. The first-order valence-electron chi connectivity index (χ1n) is 10.7. The van der Waals surface area contributed by atoms with Crippen LogP contribution in [0.4, 0.5) is 5.69 Å². The Hall–Kier alpha value is -2.41. The molecule has 0 fully saturated rings. The van der Waals surface area contributed by atoms with Crippen LogP contribution in [-0.4, -0.2) is 37.3 Å². The van der Waals surface area contributed by atoms with Crippen molar-refractivity contribution in [3.05, 3.63) is 76.5 Å². The van der Waals surface area contributed by atoms with Gasteiger partial charge in [-0.3, -0.25) is 4.90 Å². The van der Waals surface area contributed by atoms with Gasteiger partial charge in [0.25, 0.3) is 5.17 Å². The number of hydrogen-bond acceptors (Lipinski definition) is 5. The summed E-state index contributed by atoms with van der Waals surface area (Å²) in [6.07, 6.45) is 0. The number of ether oxygens (including phenoxy) is 2. The molecule has 0 spiro atoms. The van der Waals surface area contributed by atoms with Crippen molar-refractivity contribution in [2.24, 2.45) is 0 Å². The van der Waals surface area contributed by atoms with Crippen molar-refractivity contribution < 1.29 is 9.47 Å². The van der Waals surface area contributed by atoms with Crippen molar-refractivity contribution in [2.45, 2.75) is 32.7 Å². The Morgan fingerprint density at radius 3 is 2.38 bits per heavy atom. The molecule has 0 aliphatic heterocycles. The number of hydrogen-bond donors (Lipinski definition) is 0. The lowest BCUT2D eigenvalue weighted by Crippen LogP contribution is -2.29. The Morgan fingerprint density at radius 1 is 0.969 bits per heavy atom. The SMILES string of the molecule is CN(CCOc1cccc(N(C)C(=S)Oc2ccc(C(C)(C)C)cc2)c1)Cc1cccs1. The molecule has 0 aliphatic rings. The first-order valence-corrected chi connectivity index (χ1v) is 12.0. The third-order valence-corrected chi connectivity index (χ3v) is 6.37. The Bertz CT molecular complexity index is 995. The van der Waals surface area contributed by atoms with Crippen molar-refractivity contribution in [1.82, 2.24) is 4.90 Å². The molecule has 1 aromatic heterocycles. The van der Waals surface area contributed by atoms with E-state index in [1.54, 1.807) is 11.3 Å². The van der Waals surface area contributed by atoms with Crippen LogP contribution < -0.4 is 14.4 Å². The Kier molecular flexibility index (Phi) is 8.29.